The average molecular weight is 228 g/mol. The van der Waals surface area contributed by atoms with Gasteiger partial charge in [0.2, 0.25) is 0 Å². The van der Waals surface area contributed by atoms with E-state index in [0.29, 0.717) is 5.65 Å². The average Bonchev–Trinajstić information content (AvgIpc) is 2.97. The summed E-state index contributed by atoms with van der Waals surface area (Å²) in [4.78, 5) is 14.8. The monoisotopic (exact) mass is 228 g/mol. The number of aromatic nitrogens is 2. The van der Waals surface area contributed by atoms with Crippen LogP contribution in [0.4, 0.5) is 0 Å². The molecule has 0 spiro atoms. The number of hydrogen-bond acceptors (Lipinski definition) is 3. The van der Waals surface area contributed by atoms with Crippen molar-refractivity contribution in [1.82, 2.24) is 9.38 Å². The lowest BCUT2D eigenvalue weighted by Gasteiger charge is -1.97. The van der Waals surface area contributed by atoms with Crippen LogP contribution in [0.1, 0.15) is 10.5 Å². The Bertz CT molecular complexity index is 683. The van der Waals surface area contributed by atoms with E-state index in [2.05, 4.69) is 4.98 Å². The van der Waals surface area contributed by atoms with Crippen molar-refractivity contribution in [3.63, 3.8) is 0 Å². The molecule has 0 saturated carbocycles. The molecule has 84 valence electrons. The number of pyridine rings is 1. The predicted octanol–water partition coefficient (Wildman–Crippen LogP) is 2.29. The summed E-state index contributed by atoms with van der Waals surface area (Å²) in [7, 11) is 0. The molecule has 3 aromatic rings. The van der Waals surface area contributed by atoms with Crippen LogP contribution in [0.3, 0.4) is 0 Å². The molecule has 3 heterocycles. The van der Waals surface area contributed by atoms with E-state index in [-0.39, 0.29) is 5.69 Å². The Balaban J connectivity index is 2.16. The fraction of sp³-hybridized carbons (Fsp3) is 0. The van der Waals surface area contributed by atoms with Crippen molar-refractivity contribution in [3.05, 3.63) is 48.6 Å². The smallest absolute Gasteiger partial charge is 0.356 e. The molecule has 0 fully saturated rings. The van der Waals surface area contributed by atoms with Gasteiger partial charge in [-0.25, -0.2) is 9.78 Å². The molecule has 0 aliphatic heterocycles. The number of carbonyl (C=O) groups is 1. The second kappa shape index (κ2) is 3.48. The van der Waals surface area contributed by atoms with Crippen LogP contribution in [0, 0.1) is 0 Å². The maximum Gasteiger partial charge on any atom is 0.356 e. The van der Waals surface area contributed by atoms with Crippen LogP contribution in [-0.2, 0) is 0 Å². The number of rotatable bonds is 2. The van der Waals surface area contributed by atoms with Crippen LogP contribution < -0.4 is 0 Å². The molecule has 0 radical (unpaired) electrons. The zero-order valence-corrected chi connectivity index (χ0v) is 8.70. The van der Waals surface area contributed by atoms with Crippen molar-refractivity contribution >= 4 is 11.6 Å². The van der Waals surface area contributed by atoms with E-state index in [1.165, 1.54) is 6.20 Å². The number of fused-ring (bicyclic) bond motifs is 1. The van der Waals surface area contributed by atoms with Crippen LogP contribution in [-0.4, -0.2) is 20.5 Å². The number of imidazole rings is 1. The summed E-state index contributed by atoms with van der Waals surface area (Å²) in [6, 6.07) is 7.24. The van der Waals surface area contributed by atoms with Crippen molar-refractivity contribution in [1.29, 1.82) is 0 Å². The molecule has 0 aromatic carbocycles. The Hall–Kier alpha value is -2.56. The van der Waals surface area contributed by atoms with Gasteiger partial charge in [-0.05, 0) is 24.3 Å². The third-order valence-corrected chi connectivity index (χ3v) is 2.48. The summed E-state index contributed by atoms with van der Waals surface area (Å²) in [5.74, 6) is -0.300. The Kier molecular flexibility index (Phi) is 1.98. The highest BCUT2D eigenvalue weighted by Crippen LogP contribution is 2.20. The second-order valence-electron chi connectivity index (χ2n) is 3.59. The summed E-state index contributed by atoms with van der Waals surface area (Å²) >= 11 is 0. The molecule has 0 aliphatic carbocycles. The minimum Gasteiger partial charge on any atom is -0.476 e. The van der Waals surface area contributed by atoms with Gasteiger partial charge in [-0.2, -0.15) is 0 Å². The standard InChI is InChI=1S/C12H8N2O3/c15-12(16)9-7-14-6-8(3-4-11(14)13-9)10-2-1-5-17-10/h1-7H,(H,15,16). The summed E-state index contributed by atoms with van der Waals surface area (Å²) in [5.41, 5.74) is 1.50. The first-order valence-electron chi connectivity index (χ1n) is 5.00. The van der Waals surface area contributed by atoms with Crippen LogP contribution in [0.2, 0.25) is 0 Å². The van der Waals surface area contributed by atoms with Crippen LogP contribution in [0.5, 0.6) is 0 Å². The maximum atomic E-state index is 10.8. The van der Waals surface area contributed by atoms with Gasteiger partial charge < -0.3 is 13.9 Å². The van der Waals surface area contributed by atoms with E-state index in [0.717, 1.165) is 11.3 Å². The van der Waals surface area contributed by atoms with Gasteiger partial charge in [0.05, 0.1) is 6.26 Å². The van der Waals surface area contributed by atoms with Gasteiger partial charge in [0.1, 0.15) is 11.4 Å². The summed E-state index contributed by atoms with van der Waals surface area (Å²) in [6.07, 6.45) is 4.85. The first kappa shape index (κ1) is 9.65. The van der Waals surface area contributed by atoms with Crippen molar-refractivity contribution in [2.75, 3.05) is 0 Å². The highest BCUT2D eigenvalue weighted by Gasteiger charge is 2.09. The molecular formula is C12H8N2O3. The Morgan fingerprint density at radius 3 is 2.88 bits per heavy atom. The van der Waals surface area contributed by atoms with Gasteiger partial charge in [0, 0.05) is 18.0 Å². The highest BCUT2D eigenvalue weighted by atomic mass is 16.4. The van der Waals surface area contributed by atoms with Gasteiger partial charge in [0.15, 0.2) is 5.69 Å². The molecule has 0 bridgehead atoms. The fourth-order valence-corrected chi connectivity index (χ4v) is 1.68. The van der Waals surface area contributed by atoms with Crippen molar-refractivity contribution < 1.29 is 14.3 Å². The summed E-state index contributed by atoms with van der Waals surface area (Å²) in [6.45, 7) is 0. The van der Waals surface area contributed by atoms with Crippen LogP contribution >= 0.6 is 0 Å². The summed E-state index contributed by atoms with van der Waals surface area (Å²) < 4.78 is 6.94. The largest absolute Gasteiger partial charge is 0.476 e. The quantitative estimate of drug-likeness (QED) is 0.730. The van der Waals surface area contributed by atoms with E-state index in [4.69, 9.17) is 9.52 Å². The number of hydrogen-bond donors (Lipinski definition) is 1. The first-order chi connectivity index (χ1) is 8.24. The van der Waals surface area contributed by atoms with E-state index in [9.17, 15) is 4.79 Å². The lowest BCUT2D eigenvalue weighted by Crippen LogP contribution is -1.94. The Labute approximate surface area is 95.9 Å². The molecule has 0 unspecified atom stereocenters. The molecular weight excluding hydrogens is 220 g/mol. The van der Waals surface area contributed by atoms with Crippen molar-refractivity contribution in [2.45, 2.75) is 0 Å². The van der Waals surface area contributed by atoms with Gasteiger partial charge >= 0.3 is 5.97 Å². The minimum atomic E-state index is -1.03. The van der Waals surface area contributed by atoms with Gasteiger partial charge in [0.25, 0.3) is 0 Å². The molecule has 3 rings (SSSR count). The molecule has 17 heavy (non-hydrogen) atoms. The van der Waals surface area contributed by atoms with E-state index in [1.807, 2.05) is 12.1 Å². The van der Waals surface area contributed by atoms with Gasteiger partial charge in [-0.3, -0.25) is 0 Å². The molecule has 0 saturated heterocycles. The number of carboxylic acid groups (broad SMARTS) is 1. The van der Waals surface area contributed by atoms with E-state index >= 15 is 0 Å². The SMILES string of the molecule is O=C(O)c1cn2cc(-c3ccco3)ccc2n1. The number of carboxylic acids is 1. The lowest BCUT2D eigenvalue weighted by atomic mass is 10.2. The molecule has 3 aromatic heterocycles. The fourth-order valence-electron chi connectivity index (χ4n) is 1.68. The molecule has 0 atom stereocenters. The number of nitrogens with zero attached hydrogens (tertiary/aromatic N) is 2. The van der Waals surface area contributed by atoms with Crippen molar-refractivity contribution in [2.24, 2.45) is 0 Å². The molecule has 0 aliphatic rings. The normalized spacial score (nSPS) is 10.8. The maximum absolute atomic E-state index is 10.8. The minimum absolute atomic E-state index is 0.0293. The molecule has 0 amide bonds. The number of aromatic carboxylic acids is 1. The third kappa shape index (κ3) is 1.57. The van der Waals surface area contributed by atoms with Crippen molar-refractivity contribution in [3.8, 4) is 11.3 Å². The number of furan rings is 1. The van der Waals surface area contributed by atoms with E-state index in [1.54, 1.807) is 29.0 Å². The van der Waals surface area contributed by atoms with Gasteiger partial charge in [-0.1, -0.05) is 0 Å². The zero-order valence-electron chi connectivity index (χ0n) is 8.70. The predicted molar refractivity (Wildman–Crippen MR) is 59.9 cm³/mol. The van der Waals surface area contributed by atoms with Crippen LogP contribution in [0.15, 0.2) is 47.3 Å². The molecule has 5 nitrogen and oxygen atoms in total. The lowest BCUT2D eigenvalue weighted by molar-refractivity contribution is 0.0691. The second-order valence-corrected chi connectivity index (χ2v) is 3.59. The molecule has 1 N–H and O–H groups in total. The van der Waals surface area contributed by atoms with E-state index < -0.39 is 5.97 Å². The highest BCUT2D eigenvalue weighted by molar-refractivity contribution is 5.86. The zero-order chi connectivity index (χ0) is 11.8. The Morgan fingerprint density at radius 1 is 1.29 bits per heavy atom. The molecule has 5 heteroatoms. The van der Waals surface area contributed by atoms with Gasteiger partial charge in [-0.15, -0.1) is 0 Å². The first-order valence-corrected chi connectivity index (χ1v) is 5.00. The topological polar surface area (TPSA) is 67.7 Å². The Morgan fingerprint density at radius 2 is 2.18 bits per heavy atom. The van der Waals surface area contributed by atoms with Crippen LogP contribution in [0.25, 0.3) is 17.0 Å². The summed E-state index contributed by atoms with van der Waals surface area (Å²) in [5, 5.41) is 8.84. The third-order valence-electron chi connectivity index (χ3n) is 2.48.